The Morgan fingerprint density at radius 1 is 1.09 bits per heavy atom. The van der Waals surface area contributed by atoms with Gasteiger partial charge in [0, 0.05) is 30.2 Å². The summed E-state index contributed by atoms with van der Waals surface area (Å²) in [6, 6.07) is 11.3. The molecule has 0 spiro atoms. The summed E-state index contributed by atoms with van der Waals surface area (Å²) >= 11 is 1.59. The van der Waals surface area contributed by atoms with Crippen molar-refractivity contribution < 1.29 is 9.47 Å². The molecule has 0 amide bonds. The first-order valence-corrected chi connectivity index (χ1v) is 13.0. The molecule has 2 unspecified atom stereocenters. The van der Waals surface area contributed by atoms with Crippen LogP contribution in [0.15, 0.2) is 41.5 Å². The third-order valence-electron chi connectivity index (χ3n) is 7.79. The van der Waals surface area contributed by atoms with Crippen LogP contribution in [-0.4, -0.2) is 52.9 Å². The van der Waals surface area contributed by atoms with Gasteiger partial charge in [-0.05, 0) is 88.2 Å². The zero-order valence-corrected chi connectivity index (χ0v) is 19.9. The highest BCUT2D eigenvalue weighted by molar-refractivity contribution is 7.18. The zero-order valence-electron chi connectivity index (χ0n) is 19.1. The minimum absolute atomic E-state index is 0.00351. The molecule has 7 heteroatoms. The fourth-order valence-corrected chi connectivity index (χ4v) is 6.97. The highest BCUT2D eigenvalue weighted by Gasteiger charge is 2.39. The summed E-state index contributed by atoms with van der Waals surface area (Å²) in [5, 5.41) is 0. The van der Waals surface area contributed by atoms with E-state index in [2.05, 4.69) is 23.0 Å². The van der Waals surface area contributed by atoms with Gasteiger partial charge >= 0.3 is 0 Å². The summed E-state index contributed by atoms with van der Waals surface area (Å²) in [5.74, 6) is 1.52. The normalized spacial score (nSPS) is 26.2. The van der Waals surface area contributed by atoms with E-state index in [1.807, 2.05) is 24.3 Å². The number of hydrogen-bond donors (Lipinski definition) is 0. The van der Waals surface area contributed by atoms with Crippen LogP contribution in [0.2, 0.25) is 0 Å². The summed E-state index contributed by atoms with van der Waals surface area (Å²) in [6.45, 7) is 1.69. The SMILES string of the molecule is CN1C2CCC1CC(Oc1ccc(-n3cnc4cc(CC5CCOCC5)sc4c3=O)cc1)C2. The van der Waals surface area contributed by atoms with Gasteiger partial charge in [-0.3, -0.25) is 9.36 Å². The van der Waals surface area contributed by atoms with Crippen LogP contribution in [0.3, 0.4) is 0 Å². The molecule has 3 aliphatic rings. The van der Waals surface area contributed by atoms with Gasteiger partial charge in [-0.15, -0.1) is 11.3 Å². The van der Waals surface area contributed by atoms with Gasteiger partial charge < -0.3 is 14.4 Å². The molecule has 2 aromatic heterocycles. The lowest BCUT2D eigenvalue weighted by Crippen LogP contribution is -2.43. The van der Waals surface area contributed by atoms with Crippen molar-refractivity contribution >= 4 is 21.6 Å². The average molecular weight is 466 g/mol. The molecule has 0 aliphatic carbocycles. The molecule has 6 rings (SSSR count). The molecule has 0 N–H and O–H groups in total. The lowest BCUT2D eigenvalue weighted by Gasteiger charge is -2.36. The molecule has 1 aromatic carbocycles. The van der Waals surface area contributed by atoms with Crippen molar-refractivity contribution in [3.05, 3.63) is 51.9 Å². The molecule has 3 saturated heterocycles. The van der Waals surface area contributed by atoms with E-state index in [-0.39, 0.29) is 11.7 Å². The van der Waals surface area contributed by atoms with Crippen molar-refractivity contribution in [1.82, 2.24) is 14.5 Å². The summed E-state index contributed by atoms with van der Waals surface area (Å²) in [6.07, 6.45) is 9.92. The monoisotopic (exact) mass is 465 g/mol. The number of hydrogen-bond acceptors (Lipinski definition) is 6. The number of benzene rings is 1. The fourth-order valence-electron chi connectivity index (χ4n) is 5.82. The molecule has 33 heavy (non-hydrogen) atoms. The minimum Gasteiger partial charge on any atom is -0.490 e. The molecular formula is C26H31N3O3S. The van der Waals surface area contributed by atoms with Crippen LogP contribution in [0, 0.1) is 5.92 Å². The highest BCUT2D eigenvalue weighted by Crippen LogP contribution is 2.36. The summed E-state index contributed by atoms with van der Waals surface area (Å²) in [5.41, 5.74) is 1.63. The van der Waals surface area contributed by atoms with Crippen molar-refractivity contribution in [2.24, 2.45) is 5.92 Å². The van der Waals surface area contributed by atoms with E-state index in [0.29, 0.717) is 18.0 Å². The van der Waals surface area contributed by atoms with Gasteiger partial charge in [-0.1, -0.05) is 0 Å². The Hall–Kier alpha value is -2.22. The van der Waals surface area contributed by atoms with E-state index in [1.54, 1.807) is 22.2 Å². The van der Waals surface area contributed by atoms with Gasteiger partial charge in [-0.2, -0.15) is 0 Å². The third-order valence-corrected chi connectivity index (χ3v) is 8.93. The second kappa shape index (κ2) is 8.85. The van der Waals surface area contributed by atoms with Crippen molar-refractivity contribution in [2.75, 3.05) is 20.3 Å². The molecule has 3 fully saturated rings. The Morgan fingerprint density at radius 3 is 2.55 bits per heavy atom. The number of aromatic nitrogens is 2. The highest BCUT2D eigenvalue weighted by atomic mass is 32.1. The third kappa shape index (κ3) is 4.22. The average Bonchev–Trinajstić information content (AvgIpc) is 3.31. The van der Waals surface area contributed by atoms with E-state index in [9.17, 15) is 4.79 Å². The fraction of sp³-hybridized carbons (Fsp3) is 0.538. The molecule has 3 aromatic rings. The van der Waals surface area contributed by atoms with E-state index >= 15 is 0 Å². The molecule has 5 heterocycles. The van der Waals surface area contributed by atoms with E-state index in [1.165, 1.54) is 17.7 Å². The van der Waals surface area contributed by atoms with Gasteiger partial charge in [0.25, 0.3) is 5.56 Å². The number of thiophene rings is 1. The number of ether oxygens (including phenoxy) is 2. The summed E-state index contributed by atoms with van der Waals surface area (Å²) < 4.78 is 14.2. The maximum atomic E-state index is 13.2. The van der Waals surface area contributed by atoms with Gasteiger partial charge in [0.15, 0.2) is 0 Å². The van der Waals surface area contributed by atoms with Crippen molar-refractivity contribution in [3.8, 4) is 11.4 Å². The van der Waals surface area contributed by atoms with Crippen LogP contribution in [-0.2, 0) is 11.2 Å². The van der Waals surface area contributed by atoms with Crippen LogP contribution in [0.1, 0.15) is 43.4 Å². The Kier molecular flexibility index (Phi) is 5.72. The lowest BCUT2D eigenvalue weighted by atomic mass is 9.96. The van der Waals surface area contributed by atoms with Crippen molar-refractivity contribution in [1.29, 1.82) is 0 Å². The zero-order chi connectivity index (χ0) is 22.4. The minimum atomic E-state index is 0.00351. The molecule has 3 aliphatic heterocycles. The first-order chi connectivity index (χ1) is 16.1. The second-order valence-corrected chi connectivity index (χ2v) is 11.0. The molecule has 2 bridgehead atoms. The number of nitrogens with zero attached hydrogens (tertiary/aromatic N) is 3. The first-order valence-electron chi connectivity index (χ1n) is 12.2. The Bertz CT molecular complexity index is 1170. The molecular weight excluding hydrogens is 434 g/mol. The van der Waals surface area contributed by atoms with Gasteiger partial charge in [0.05, 0.1) is 11.2 Å². The maximum absolute atomic E-state index is 13.2. The Labute approximate surface area is 198 Å². The first kappa shape index (κ1) is 21.3. The van der Waals surface area contributed by atoms with Crippen LogP contribution in [0.25, 0.3) is 15.9 Å². The van der Waals surface area contributed by atoms with E-state index in [0.717, 1.165) is 67.0 Å². The smallest absolute Gasteiger partial charge is 0.275 e. The topological polar surface area (TPSA) is 56.6 Å². The predicted octanol–water partition coefficient (Wildman–Crippen LogP) is 4.42. The lowest BCUT2D eigenvalue weighted by molar-refractivity contribution is 0.0661. The maximum Gasteiger partial charge on any atom is 0.275 e. The van der Waals surface area contributed by atoms with Crippen LogP contribution < -0.4 is 10.3 Å². The predicted molar refractivity (Wildman–Crippen MR) is 131 cm³/mol. The summed E-state index contributed by atoms with van der Waals surface area (Å²) in [4.78, 5) is 21.6. The summed E-state index contributed by atoms with van der Waals surface area (Å²) in [7, 11) is 2.25. The van der Waals surface area contributed by atoms with Gasteiger partial charge in [0.2, 0.25) is 0 Å². The van der Waals surface area contributed by atoms with Crippen molar-refractivity contribution in [2.45, 2.75) is 63.1 Å². The standard InChI is InChI=1S/C26H31N3O3S/c1-28-19-2-3-20(28)14-22(13-19)32-21-6-4-18(5-7-21)29-16-27-24-15-23(33-25(24)26(29)30)12-17-8-10-31-11-9-17/h4-7,15-17,19-20,22H,2-3,8-14H2,1H3. The molecule has 174 valence electrons. The number of rotatable bonds is 5. The second-order valence-electron chi connectivity index (χ2n) is 9.86. The molecule has 6 nitrogen and oxygen atoms in total. The Morgan fingerprint density at radius 2 is 1.82 bits per heavy atom. The quantitative estimate of drug-likeness (QED) is 0.558. The van der Waals surface area contributed by atoms with Crippen LogP contribution in [0.4, 0.5) is 0 Å². The largest absolute Gasteiger partial charge is 0.490 e. The molecule has 0 saturated carbocycles. The van der Waals surface area contributed by atoms with Gasteiger partial charge in [-0.25, -0.2) is 4.98 Å². The van der Waals surface area contributed by atoms with Crippen LogP contribution in [0.5, 0.6) is 5.75 Å². The molecule has 2 atom stereocenters. The molecule has 0 radical (unpaired) electrons. The van der Waals surface area contributed by atoms with Crippen molar-refractivity contribution in [3.63, 3.8) is 0 Å². The Balaban J connectivity index is 1.18. The van der Waals surface area contributed by atoms with E-state index in [4.69, 9.17) is 9.47 Å². The number of piperidine rings is 1. The van der Waals surface area contributed by atoms with Gasteiger partial charge in [0.1, 0.15) is 22.9 Å². The van der Waals surface area contributed by atoms with E-state index < -0.39 is 0 Å². The van der Waals surface area contributed by atoms with Crippen LogP contribution >= 0.6 is 11.3 Å². The number of fused-ring (bicyclic) bond motifs is 3.